The average Bonchev–Trinajstić information content (AvgIpc) is 3.72. The van der Waals surface area contributed by atoms with Crippen LogP contribution in [0.3, 0.4) is 0 Å². The van der Waals surface area contributed by atoms with E-state index in [1.165, 1.54) is 56.9 Å². The van der Waals surface area contributed by atoms with E-state index in [9.17, 15) is 14.0 Å². The number of amides is 2. The van der Waals surface area contributed by atoms with Crippen molar-refractivity contribution in [3.8, 4) is 5.75 Å². The predicted octanol–water partition coefficient (Wildman–Crippen LogP) is 5.49. The monoisotopic (exact) mass is 593 g/mol. The lowest BCUT2D eigenvalue weighted by atomic mass is 9.65. The highest BCUT2D eigenvalue weighted by atomic mass is 19.1. The van der Waals surface area contributed by atoms with E-state index >= 15 is 0 Å². The molecule has 6 atom stereocenters. The molecule has 1 aromatic carbocycles. The maximum Gasteiger partial charge on any atom is 0.273 e. The van der Waals surface area contributed by atoms with Crippen LogP contribution in [0.2, 0.25) is 0 Å². The fraction of sp³-hybridized carbons (Fsp3) is 0.676. The molecule has 5 fully saturated rings. The molecule has 2 aromatic rings. The first-order valence-electron chi connectivity index (χ1n) is 16.5. The number of benzene rings is 1. The van der Waals surface area contributed by atoms with Crippen LogP contribution in [0.25, 0.3) is 0 Å². The van der Waals surface area contributed by atoms with Crippen molar-refractivity contribution in [1.82, 2.24) is 15.6 Å². The number of nitrogens with one attached hydrogen (secondary N) is 2. The van der Waals surface area contributed by atoms with Gasteiger partial charge in [0.05, 0.1) is 11.5 Å². The van der Waals surface area contributed by atoms with E-state index in [2.05, 4.69) is 10.6 Å². The Labute approximate surface area is 252 Å². The molecular weight excluding hydrogens is 549 g/mol. The minimum atomic E-state index is -0.407. The zero-order valence-corrected chi connectivity index (χ0v) is 25.3. The number of carbonyl (C=O) groups excluding carboxylic acids is 2. The smallest absolute Gasteiger partial charge is 0.273 e. The minimum absolute atomic E-state index is 0.00916. The third-order valence-electron chi connectivity index (χ3n) is 11.0. The van der Waals surface area contributed by atoms with Crippen molar-refractivity contribution < 1.29 is 27.9 Å². The summed E-state index contributed by atoms with van der Waals surface area (Å²) in [6, 6.07) is 4.47. The highest BCUT2D eigenvalue weighted by Gasteiger charge is 2.99. The predicted molar refractivity (Wildman–Crippen MR) is 157 cm³/mol. The summed E-state index contributed by atoms with van der Waals surface area (Å²) >= 11 is 0. The van der Waals surface area contributed by atoms with Gasteiger partial charge >= 0.3 is 0 Å². The van der Waals surface area contributed by atoms with Crippen LogP contribution >= 0.6 is 0 Å². The fourth-order valence-electron chi connectivity index (χ4n) is 9.25. The first kappa shape index (κ1) is 28.8. The van der Waals surface area contributed by atoms with Crippen LogP contribution in [0.1, 0.15) is 100.0 Å². The Hall–Kier alpha value is -2.94. The van der Waals surface area contributed by atoms with Crippen molar-refractivity contribution in [3.05, 3.63) is 47.4 Å². The van der Waals surface area contributed by atoms with Gasteiger partial charge in [-0.2, -0.15) is 0 Å². The summed E-state index contributed by atoms with van der Waals surface area (Å²) in [4.78, 5) is 29.9. The van der Waals surface area contributed by atoms with Gasteiger partial charge in [-0.1, -0.05) is 44.9 Å². The number of oxazole rings is 1. The molecule has 0 radical (unpaired) electrons. The zero-order valence-electron chi connectivity index (χ0n) is 25.3. The molecule has 2 amide bonds. The zero-order chi connectivity index (χ0) is 29.8. The van der Waals surface area contributed by atoms with Gasteiger partial charge in [-0.3, -0.25) is 9.59 Å². The largest absolute Gasteiger partial charge is 0.483 e. The van der Waals surface area contributed by atoms with Crippen molar-refractivity contribution in [1.29, 1.82) is 0 Å². The molecular formula is C34H44FN3O5. The van der Waals surface area contributed by atoms with Gasteiger partial charge in [-0.25, -0.2) is 9.37 Å². The molecule has 4 aliphatic carbocycles. The Kier molecular flexibility index (Phi) is 7.51. The van der Waals surface area contributed by atoms with Gasteiger partial charge < -0.3 is 24.5 Å². The second-order valence-electron chi connectivity index (χ2n) is 13.8. The number of hydrogen-bond donors (Lipinski definition) is 2. The van der Waals surface area contributed by atoms with Gasteiger partial charge in [-0.15, -0.1) is 0 Å². The van der Waals surface area contributed by atoms with E-state index in [0.717, 1.165) is 37.2 Å². The normalized spacial score (nSPS) is 31.9. The average molecular weight is 594 g/mol. The number of aromatic nitrogens is 1. The molecule has 9 heteroatoms. The third kappa shape index (κ3) is 4.86. The van der Waals surface area contributed by atoms with Crippen molar-refractivity contribution >= 4 is 11.8 Å². The summed E-state index contributed by atoms with van der Waals surface area (Å²) < 4.78 is 32.7. The molecule has 43 heavy (non-hydrogen) atoms. The lowest BCUT2D eigenvalue weighted by Gasteiger charge is -2.38. The molecule has 0 bridgehead atoms. The molecule has 232 valence electrons. The molecule has 8 nitrogen and oxygen atoms in total. The van der Waals surface area contributed by atoms with Gasteiger partial charge in [0.1, 0.15) is 23.4 Å². The van der Waals surface area contributed by atoms with Crippen LogP contribution in [0.15, 0.2) is 28.9 Å². The van der Waals surface area contributed by atoms with Gasteiger partial charge in [0, 0.05) is 12.6 Å². The summed E-state index contributed by atoms with van der Waals surface area (Å²) in [6.07, 6.45) is 14.5. The quantitative estimate of drug-likeness (QED) is 0.235. The fourth-order valence-corrected chi connectivity index (χ4v) is 9.25. The summed E-state index contributed by atoms with van der Waals surface area (Å²) in [5.74, 6) is 2.02. The summed E-state index contributed by atoms with van der Waals surface area (Å²) in [5, 5.41) is 5.86. The van der Waals surface area contributed by atoms with E-state index < -0.39 is 5.41 Å². The number of rotatable bonds is 13. The first-order chi connectivity index (χ1) is 20.8. The summed E-state index contributed by atoms with van der Waals surface area (Å²) in [7, 11) is 0. The van der Waals surface area contributed by atoms with Crippen LogP contribution < -0.4 is 15.4 Å². The van der Waals surface area contributed by atoms with Crippen molar-refractivity contribution in [2.24, 2.45) is 23.7 Å². The number of unbranched alkanes of at least 4 members (excludes halogenated alkanes) is 1. The van der Waals surface area contributed by atoms with Crippen LogP contribution in [0, 0.1) is 29.5 Å². The molecule has 1 aromatic heterocycles. The van der Waals surface area contributed by atoms with E-state index in [-0.39, 0.29) is 47.9 Å². The number of nitrogens with zero attached hydrogens (tertiary/aromatic N) is 1. The van der Waals surface area contributed by atoms with Gasteiger partial charge in [0.25, 0.3) is 11.8 Å². The number of fused-ring (bicyclic) bond motifs is 2. The van der Waals surface area contributed by atoms with E-state index in [4.69, 9.17) is 18.9 Å². The Morgan fingerprint density at radius 3 is 2.77 bits per heavy atom. The van der Waals surface area contributed by atoms with Gasteiger partial charge in [0.15, 0.2) is 12.3 Å². The highest BCUT2D eigenvalue weighted by molar-refractivity contribution is 5.92. The molecule has 1 saturated heterocycles. The molecule has 2 N–H and O–H groups in total. The summed E-state index contributed by atoms with van der Waals surface area (Å²) in [5.41, 5.74) is 0.337. The molecule has 1 spiro atoms. The number of ether oxygens (including phenoxy) is 2. The lowest BCUT2D eigenvalue weighted by molar-refractivity contribution is -0.123. The third-order valence-corrected chi connectivity index (χ3v) is 11.0. The topological polar surface area (TPSA) is 106 Å². The highest BCUT2D eigenvalue weighted by Crippen LogP contribution is 2.90. The SMILES string of the molecule is CC(C)NC(=O)COc1ccc(F)cc1CC1C2C3CCC4OC43C12c1nc(C(=O)NCCCCC2CCCCC2)co1. The molecule has 1 aliphatic heterocycles. The molecule has 4 saturated carbocycles. The maximum absolute atomic E-state index is 14.4. The van der Waals surface area contributed by atoms with Gasteiger partial charge in [-0.05, 0) is 87.0 Å². The van der Waals surface area contributed by atoms with Crippen LogP contribution in [-0.2, 0) is 21.4 Å². The molecule has 5 aliphatic rings. The number of halogens is 1. The lowest BCUT2D eigenvalue weighted by Crippen LogP contribution is -2.50. The second-order valence-corrected chi connectivity index (χ2v) is 13.8. The molecule has 7 rings (SSSR count). The van der Waals surface area contributed by atoms with Crippen molar-refractivity contribution in [3.63, 3.8) is 0 Å². The number of hydrogen-bond acceptors (Lipinski definition) is 6. The Bertz CT molecular complexity index is 1370. The maximum atomic E-state index is 14.4. The standard InChI is InChI=1S/C34H44FN3O5/c1-20(2)37-29(39)19-41-27-13-11-23(35)16-22(27)17-25-30-24-12-14-28-34(24,43-28)33(25,30)32-38-26(18-42-32)31(40)36-15-7-6-10-21-8-4-3-5-9-21/h11,13,16,18,20-21,24-25,28,30H,3-10,12,14-15,17,19H2,1-2H3,(H,36,40)(H,37,39). The molecule has 2 heterocycles. The summed E-state index contributed by atoms with van der Waals surface area (Å²) in [6.45, 7) is 4.29. The first-order valence-corrected chi connectivity index (χ1v) is 16.5. The van der Waals surface area contributed by atoms with E-state index in [1.807, 2.05) is 13.8 Å². The number of carbonyl (C=O) groups is 2. The Morgan fingerprint density at radius 1 is 1.14 bits per heavy atom. The van der Waals surface area contributed by atoms with Crippen molar-refractivity contribution in [2.45, 2.75) is 108 Å². The molecule has 6 unspecified atom stereocenters. The van der Waals surface area contributed by atoms with Crippen LogP contribution in [-0.4, -0.2) is 47.7 Å². The Balaban J connectivity index is 1.02. The van der Waals surface area contributed by atoms with E-state index in [1.54, 1.807) is 6.07 Å². The Morgan fingerprint density at radius 2 is 1.98 bits per heavy atom. The van der Waals surface area contributed by atoms with Crippen LogP contribution in [0.4, 0.5) is 4.39 Å². The van der Waals surface area contributed by atoms with Gasteiger partial charge in [0.2, 0.25) is 5.89 Å². The van der Waals surface area contributed by atoms with E-state index in [0.29, 0.717) is 42.1 Å². The minimum Gasteiger partial charge on any atom is -0.483 e. The number of epoxide rings is 1. The van der Waals surface area contributed by atoms with Crippen LogP contribution in [0.5, 0.6) is 5.75 Å². The second kappa shape index (κ2) is 11.2. The van der Waals surface area contributed by atoms with Crippen molar-refractivity contribution in [2.75, 3.05) is 13.2 Å².